The number of rotatable bonds is 3. The summed E-state index contributed by atoms with van der Waals surface area (Å²) in [4.78, 5) is 18.2. The maximum Gasteiger partial charge on any atom is 0.240 e. The highest BCUT2D eigenvalue weighted by molar-refractivity contribution is 6.29. The molecule has 3 rings (SSSR count). The smallest absolute Gasteiger partial charge is 0.240 e. The van der Waals surface area contributed by atoms with E-state index in [0.717, 1.165) is 29.4 Å². The summed E-state index contributed by atoms with van der Waals surface area (Å²) >= 11 is 5.88. The Morgan fingerprint density at radius 1 is 1.40 bits per heavy atom. The summed E-state index contributed by atoms with van der Waals surface area (Å²) in [6.45, 7) is 1.46. The van der Waals surface area contributed by atoms with E-state index >= 15 is 0 Å². The molecular weight excluding hydrogens is 274 g/mol. The van der Waals surface area contributed by atoms with Gasteiger partial charge in [-0.25, -0.2) is 4.98 Å². The van der Waals surface area contributed by atoms with Gasteiger partial charge < -0.3 is 10.2 Å². The number of likely N-dealkylation sites (N-methyl/N-ethyl adjacent to an activating group) is 1. The number of carbonyl (C=O) groups excluding carboxylic acids is 1. The number of nitrogens with one attached hydrogen (secondary N) is 1. The first-order chi connectivity index (χ1) is 9.67. The monoisotopic (exact) mass is 289 g/mol. The molecule has 0 bridgehead atoms. The van der Waals surface area contributed by atoms with E-state index in [1.54, 1.807) is 6.07 Å². The standard InChI is InChI=1S/C15H16ClN3O/c1-17-13-6-7-19(15(13)20)9-10-2-4-12-11(8-10)3-5-14(16)18-12/h2-5,8,13,17H,6-7,9H2,1H3/t13-/m0/s1. The molecule has 2 aromatic rings. The van der Waals surface area contributed by atoms with E-state index in [4.69, 9.17) is 11.6 Å². The number of carbonyl (C=O) groups is 1. The maximum atomic E-state index is 12.1. The Bertz CT molecular complexity index is 659. The molecule has 20 heavy (non-hydrogen) atoms. The Morgan fingerprint density at radius 3 is 3.00 bits per heavy atom. The van der Waals surface area contributed by atoms with Crippen LogP contribution in [0.4, 0.5) is 0 Å². The first-order valence-electron chi connectivity index (χ1n) is 6.68. The summed E-state index contributed by atoms with van der Waals surface area (Å²) in [6.07, 6.45) is 0.875. The molecule has 1 fully saturated rings. The van der Waals surface area contributed by atoms with E-state index in [2.05, 4.69) is 16.4 Å². The molecule has 0 radical (unpaired) electrons. The van der Waals surface area contributed by atoms with Crippen LogP contribution in [0, 0.1) is 0 Å². The van der Waals surface area contributed by atoms with Crippen LogP contribution < -0.4 is 5.32 Å². The molecule has 0 saturated carbocycles. The molecule has 5 heteroatoms. The minimum atomic E-state index is -0.0315. The van der Waals surface area contributed by atoms with Crippen LogP contribution in [0.1, 0.15) is 12.0 Å². The van der Waals surface area contributed by atoms with Crippen molar-refractivity contribution in [2.45, 2.75) is 19.0 Å². The van der Waals surface area contributed by atoms with Gasteiger partial charge in [0.05, 0.1) is 11.6 Å². The lowest BCUT2D eigenvalue weighted by atomic mass is 10.1. The van der Waals surface area contributed by atoms with Gasteiger partial charge in [-0.2, -0.15) is 0 Å². The minimum absolute atomic E-state index is 0.0315. The van der Waals surface area contributed by atoms with Crippen LogP contribution >= 0.6 is 11.6 Å². The Labute approximate surface area is 122 Å². The lowest BCUT2D eigenvalue weighted by Gasteiger charge is -2.17. The molecule has 2 heterocycles. The third kappa shape index (κ3) is 2.49. The normalized spacial score (nSPS) is 19.0. The second-order valence-corrected chi connectivity index (χ2v) is 5.44. The fraction of sp³-hybridized carbons (Fsp3) is 0.333. The predicted octanol–water partition coefficient (Wildman–Crippen LogP) is 2.21. The van der Waals surface area contributed by atoms with Crippen molar-refractivity contribution in [3.63, 3.8) is 0 Å². The van der Waals surface area contributed by atoms with Crippen molar-refractivity contribution in [1.82, 2.24) is 15.2 Å². The summed E-state index contributed by atoms with van der Waals surface area (Å²) in [5, 5.41) is 4.59. The van der Waals surface area contributed by atoms with Crippen molar-refractivity contribution in [3.05, 3.63) is 41.0 Å². The van der Waals surface area contributed by atoms with Gasteiger partial charge in [-0.15, -0.1) is 0 Å². The van der Waals surface area contributed by atoms with Crippen LogP contribution in [-0.2, 0) is 11.3 Å². The summed E-state index contributed by atoms with van der Waals surface area (Å²) in [5.41, 5.74) is 1.99. The summed E-state index contributed by atoms with van der Waals surface area (Å²) < 4.78 is 0. The molecule has 4 nitrogen and oxygen atoms in total. The maximum absolute atomic E-state index is 12.1. The molecule has 0 spiro atoms. The van der Waals surface area contributed by atoms with Crippen LogP contribution in [0.15, 0.2) is 30.3 Å². The van der Waals surface area contributed by atoms with Crippen LogP contribution in [0.5, 0.6) is 0 Å². The molecule has 1 aliphatic heterocycles. The topological polar surface area (TPSA) is 45.2 Å². The van der Waals surface area contributed by atoms with Gasteiger partial charge in [-0.05, 0) is 43.3 Å². The lowest BCUT2D eigenvalue weighted by Crippen LogP contribution is -2.35. The number of aromatic nitrogens is 1. The molecule has 1 aromatic heterocycles. The first-order valence-corrected chi connectivity index (χ1v) is 7.06. The minimum Gasteiger partial charge on any atom is -0.337 e. The van der Waals surface area contributed by atoms with Crippen molar-refractivity contribution in [2.24, 2.45) is 0 Å². The van der Waals surface area contributed by atoms with Gasteiger partial charge >= 0.3 is 0 Å². The average molecular weight is 290 g/mol. The SMILES string of the molecule is CN[C@H]1CCN(Cc2ccc3nc(Cl)ccc3c2)C1=O. The number of halogens is 1. The van der Waals surface area contributed by atoms with E-state index in [-0.39, 0.29) is 11.9 Å². The highest BCUT2D eigenvalue weighted by Gasteiger charge is 2.29. The molecule has 1 aromatic carbocycles. The molecule has 1 N–H and O–H groups in total. The summed E-state index contributed by atoms with van der Waals surface area (Å²) in [7, 11) is 1.83. The number of likely N-dealkylation sites (tertiary alicyclic amines) is 1. The van der Waals surface area contributed by atoms with Crippen molar-refractivity contribution in [1.29, 1.82) is 0 Å². The van der Waals surface area contributed by atoms with E-state index in [9.17, 15) is 4.79 Å². The average Bonchev–Trinajstić information content (AvgIpc) is 2.80. The van der Waals surface area contributed by atoms with Gasteiger partial charge in [0.25, 0.3) is 0 Å². The number of pyridine rings is 1. The number of nitrogens with zero attached hydrogens (tertiary/aromatic N) is 2. The van der Waals surface area contributed by atoms with E-state index in [1.807, 2.05) is 30.1 Å². The number of fused-ring (bicyclic) bond motifs is 1. The van der Waals surface area contributed by atoms with Crippen molar-refractivity contribution < 1.29 is 4.79 Å². The molecule has 0 unspecified atom stereocenters. The molecule has 104 valence electrons. The van der Waals surface area contributed by atoms with Crippen LogP contribution in [0.25, 0.3) is 10.9 Å². The van der Waals surface area contributed by atoms with Crippen molar-refractivity contribution in [2.75, 3.05) is 13.6 Å². The third-order valence-corrected chi connectivity index (χ3v) is 3.95. The number of benzene rings is 1. The lowest BCUT2D eigenvalue weighted by molar-refractivity contribution is -0.129. The number of amides is 1. The molecular formula is C15H16ClN3O. The molecule has 0 aliphatic carbocycles. The van der Waals surface area contributed by atoms with Gasteiger partial charge in [-0.3, -0.25) is 4.79 Å². The van der Waals surface area contributed by atoms with Gasteiger partial charge in [0.15, 0.2) is 0 Å². The Hall–Kier alpha value is -1.65. The second-order valence-electron chi connectivity index (χ2n) is 5.05. The zero-order valence-corrected chi connectivity index (χ0v) is 12.0. The molecule has 1 aliphatic rings. The van der Waals surface area contributed by atoms with Gasteiger partial charge in [0.2, 0.25) is 5.91 Å². The van der Waals surface area contributed by atoms with E-state index in [1.165, 1.54) is 0 Å². The molecule has 1 atom stereocenters. The highest BCUT2D eigenvalue weighted by atomic mass is 35.5. The Balaban J connectivity index is 1.81. The molecule has 1 amide bonds. The predicted molar refractivity (Wildman–Crippen MR) is 79.6 cm³/mol. The summed E-state index contributed by atoms with van der Waals surface area (Å²) in [5.74, 6) is 0.182. The van der Waals surface area contributed by atoms with Crippen LogP contribution in [0.3, 0.4) is 0 Å². The first kappa shape index (κ1) is 13.3. The van der Waals surface area contributed by atoms with Gasteiger partial charge in [0.1, 0.15) is 5.15 Å². The summed E-state index contributed by atoms with van der Waals surface area (Å²) in [6, 6.07) is 9.73. The Kier molecular flexibility index (Phi) is 3.59. The van der Waals surface area contributed by atoms with Crippen LogP contribution in [0.2, 0.25) is 5.15 Å². The van der Waals surface area contributed by atoms with Crippen molar-refractivity contribution >= 4 is 28.4 Å². The fourth-order valence-electron chi connectivity index (χ4n) is 2.63. The van der Waals surface area contributed by atoms with Gasteiger partial charge in [0, 0.05) is 18.5 Å². The van der Waals surface area contributed by atoms with E-state index < -0.39 is 0 Å². The van der Waals surface area contributed by atoms with Crippen molar-refractivity contribution in [3.8, 4) is 0 Å². The zero-order chi connectivity index (χ0) is 14.1. The fourth-order valence-corrected chi connectivity index (χ4v) is 2.79. The third-order valence-electron chi connectivity index (χ3n) is 3.74. The Morgan fingerprint density at radius 2 is 2.25 bits per heavy atom. The van der Waals surface area contributed by atoms with E-state index in [0.29, 0.717) is 11.7 Å². The number of hydrogen-bond acceptors (Lipinski definition) is 3. The van der Waals surface area contributed by atoms with Crippen LogP contribution in [-0.4, -0.2) is 35.4 Å². The van der Waals surface area contributed by atoms with Gasteiger partial charge in [-0.1, -0.05) is 17.7 Å². The second kappa shape index (κ2) is 5.38. The largest absolute Gasteiger partial charge is 0.337 e. The number of hydrogen-bond donors (Lipinski definition) is 1. The molecule has 1 saturated heterocycles. The zero-order valence-electron chi connectivity index (χ0n) is 11.3. The quantitative estimate of drug-likeness (QED) is 0.881. The highest BCUT2D eigenvalue weighted by Crippen LogP contribution is 2.20.